The molecule has 0 bridgehead atoms. The van der Waals surface area contributed by atoms with Crippen molar-refractivity contribution in [2.24, 2.45) is 5.16 Å². The van der Waals surface area contributed by atoms with Gasteiger partial charge in [0.05, 0.1) is 5.70 Å². The minimum absolute atomic E-state index is 0.143. The van der Waals surface area contributed by atoms with Crippen LogP contribution in [0.1, 0.15) is 22.4 Å². The summed E-state index contributed by atoms with van der Waals surface area (Å²) in [6, 6.07) is 27.9. The first-order valence-corrected chi connectivity index (χ1v) is 15.6. The van der Waals surface area contributed by atoms with Gasteiger partial charge in [0.25, 0.3) is 11.8 Å². The molecule has 2 amide bonds. The molecule has 220 valence electrons. The Hall–Kier alpha value is -5.00. The Kier molecular flexibility index (Phi) is 8.14. The maximum absolute atomic E-state index is 13.9. The van der Waals surface area contributed by atoms with Gasteiger partial charge in [0, 0.05) is 27.8 Å². The Labute approximate surface area is 262 Å². The molecule has 2 atom stereocenters. The number of benzene rings is 3. The van der Waals surface area contributed by atoms with E-state index in [1.165, 1.54) is 16.7 Å². The molecular weight excluding hydrogens is 595 g/mol. The highest BCUT2D eigenvalue weighted by atomic mass is 32.2. The van der Waals surface area contributed by atoms with E-state index in [2.05, 4.69) is 22.0 Å². The van der Waals surface area contributed by atoms with Crippen LogP contribution in [0.15, 0.2) is 125 Å². The first kappa shape index (κ1) is 29.1. The molecule has 0 radical (unpaired) electrons. The fraction of sp³-hybridized carbons (Fsp3) is 0.121. The van der Waals surface area contributed by atoms with Crippen LogP contribution >= 0.6 is 23.1 Å². The largest absolute Gasteiger partial charge is 0.375 e. The van der Waals surface area contributed by atoms with Gasteiger partial charge in [-0.2, -0.15) is 0 Å². The summed E-state index contributed by atoms with van der Waals surface area (Å²) in [6.45, 7) is 3.74. The summed E-state index contributed by atoms with van der Waals surface area (Å²) >= 11 is 2.59. The highest BCUT2D eigenvalue weighted by molar-refractivity contribution is 8.00. The molecule has 3 heterocycles. The maximum Gasteiger partial charge on any atom is 0.276 e. The summed E-state index contributed by atoms with van der Waals surface area (Å²) in [5.74, 6) is -0.580. The second-order valence-electron chi connectivity index (χ2n) is 9.97. The SMILES string of the molecule is C=CC1=C(C=O)N2C(=O)[C@@H](NC(=O)C(=NOC(c3ccccc3)(c3ccccc3)c3ccccc3)c3csc(N)n3)[C@H]2SC1. The lowest BCUT2D eigenvalue weighted by Gasteiger charge is -2.49. The van der Waals surface area contributed by atoms with Crippen LogP contribution in [-0.4, -0.2) is 50.9 Å². The van der Waals surface area contributed by atoms with Crippen molar-refractivity contribution < 1.29 is 19.2 Å². The van der Waals surface area contributed by atoms with Crippen LogP contribution in [0.25, 0.3) is 0 Å². The number of nitrogens with one attached hydrogen (secondary N) is 1. The molecule has 0 aliphatic carbocycles. The molecule has 1 fully saturated rings. The van der Waals surface area contributed by atoms with Crippen molar-refractivity contribution in [3.8, 4) is 0 Å². The number of oxime groups is 1. The number of thiazole rings is 1. The monoisotopic (exact) mass is 621 g/mol. The predicted molar refractivity (Wildman–Crippen MR) is 172 cm³/mol. The third-order valence-electron chi connectivity index (χ3n) is 7.48. The molecule has 0 unspecified atom stereocenters. The van der Waals surface area contributed by atoms with Crippen LogP contribution in [0.4, 0.5) is 5.13 Å². The van der Waals surface area contributed by atoms with Gasteiger partial charge in [-0.05, 0) is 5.57 Å². The number of anilines is 1. The standard InChI is InChI=1S/C33H27N5O4S2/c1-2-21-19-43-31-28(30(41)38(31)26(21)18-39)36-29(40)27(25-20-44-32(34)35-25)37-42-33(22-12-6-3-7-13-22,23-14-8-4-9-15-23)24-16-10-5-11-17-24/h2-18,20,28,31H,1,19H2,(H2,34,35)(H,36,40)/t28-,31-/m1/s1. The summed E-state index contributed by atoms with van der Waals surface area (Å²) in [6.07, 6.45) is 2.22. The van der Waals surface area contributed by atoms with Crippen LogP contribution in [0.3, 0.4) is 0 Å². The van der Waals surface area contributed by atoms with Gasteiger partial charge in [-0.3, -0.25) is 19.3 Å². The number of fused-ring (bicyclic) bond motifs is 1. The molecule has 2 aliphatic heterocycles. The summed E-state index contributed by atoms with van der Waals surface area (Å²) < 4.78 is 0. The quantitative estimate of drug-likeness (QED) is 0.0879. The number of aldehydes is 1. The lowest BCUT2D eigenvalue weighted by molar-refractivity contribution is -0.145. The van der Waals surface area contributed by atoms with Crippen molar-refractivity contribution in [3.63, 3.8) is 0 Å². The lowest BCUT2D eigenvalue weighted by atomic mass is 9.80. The van der Waals surface area contributed by atoms with Gasteiger partial charge in [-0.1, -0.05) is 109 Å². The van der Waals surface area contributed by atoms with E-state index in [4.69, 9.17) is 10.6 Å². The number of carbonyl (C=O) groups excluding carboxylic acids is 3. The first-order valence-electron chi connectivity index (χ1n) is 13.7. The van der Waals surface area contributed by atoms with E-state index in [-0.39, 0.29) is 22.2 Å². The van der Waals surface area contributed by atoms with Gasteiger partial charge in [0.15, 0.2) is 17.1 Å². The maximum atomic E-state index is 13.9. The highest BCUT2D eigenvalue weighted by Crippen LogP contribution is 2.42. The number of nitrogen functional groups attached to an aromatic ring is 1. The van der Waals surface area contributed by atoms with E-state index >= 15 is 0 Å². The lowest BCUT2D eigenvalue weighted by Crippen LogP contribution is -2.70. The Morgan fingerprint density at radius 3 is 2.07 bits per heavy atom. The van der Waals surface area contributed by atoms with Crippen LogP contribution in [0, 0.1) is 0 Å². The van der Waals surface area contributed by atoms with Gasteiger partial charge in [-0.25, -0.2) is 4.98 Å². The van der Waals surface area contributed by atoms with E-state index in [0.717, 1.165) is 28.0 Å². The Bertz CT molecular complexity index is 1680. The van der Waals surface area contributed by atoms with Gasteiger partial charge in [0.1, 0.15) is 17.1 Å². The van der Waals surface area contributed by atoms with E-state index < -0.39 is 28.8 Å². The first-order chi connectivity index (χ1) is 21.5. The molecule has 2 aliphatic rings. The van der Waals surface area contributed by atoms with Crippen molar-refractivity contribution in [1.29, 1.82) is 0 Å². The molecule has 3 N–H and O–H groups in total. The molecule has 9 nitrogen and oxygen atoms in total. The number of aromatic nitrogens is 1. The zero-order valence-corrected chi connectivity index (χ0v) is 25.0. The molecule has 1 aromatic heterocycles. The smallest absolute Gasteiger partial charge is 0.276 e. The van der Waals surface area contributed by atoms with E-state index in [1.54, 1.807) is 11.5 Å². The fourth-order valence-electron chi connectivity index (χ4n) is 5.32. The second-order valence-corrected chi connectivity index (χ2v) is 12.0. The summed E-state index contributed by atoms with van der Waals surface area (Å²) in [7, 11) is 0. The predicted octanol–water partition coefficient (Wildman–Crippen LogP) is 4.48. The number of carbonyl (C=O) groups is 3. The van der Waals surface area contributed by atoms with Gasteiger partial charge >= 0.3 is 0 Å². The number of nitrogens with zero attached hydrogens (tertiary/aromatic N) is 3. The van der Waals surface area contributed by atoms with E-state index in [1.807, 2.05) is 91.0 Å². The molecule has 0 spiro atoms. The molecule has 4 aromatic rings. The van der Waals surface area contributed by atoms with Gasteiger partial charge in [0.2, 0.25) is 5.60 Å². The summed E-state index contributed by atoms with van der Waals surface area (Å²) in [4.78, 5) is 51.1. The Morgan fingerprint density at radius 1 is 1.02 bits per heavy atom. The van der Waals surface area contributed by atoms with Crippen molar-refractivity contribution in [1.82, 2.24) is 15.2 Å². The summed E-state index contributed by atoms with van der Waals surface area (Å²) in [5, 5.41) is 8.70. The number of thioether (sulfide) groups is 1. The molecule has 1 saturated heterocycles. The highest BCUT2D eigenvalue weighted by Gasteiger charge is 2.52. The van der Waals surface area contributed by atoms with Crippen molar-refractivity contribution in [2.45, 2.75) is 17.0 Å². The van der Waals surface area contributed by atoms with Crippen molar-refractivity contribution >= 4 is 52.0 Å². The molecule has 3 aromatic carbocycles. The minimum atomic E-state index is -1.25. The van der Waals surface area contributed by atoms with Gasteiger partial charge < -0.3 is 15.9 Å². The van der Waals surface area contributed by atoms with Gasteiger partial charge in [-0.15, -0.1) is 23.1 Å². The third kappa shape index (κ3) is 5.10. The Balaban J connectivity index is 1.41. The topological polar surface area (TPSA) is 127 Å². The number of hydrogen-bond donors (Lipinski definition) is 2. The third-order valence-corrected chi connectivity index (χ3v) is 9.46. The molecule has 0 saturated carbocycles. The van der Waals surface area contributed by atoms with Crippen LogP contribution in [0.2, 0.25) is 0 Å². The zero-order chi connectivity index (χ0) is 30.7. The number of nitrogens with two attached hydrogens (primary N) is 1. The van der Waals surface area contributed by atoms with E-state index in [9.17, 15) is 14.4 Å². The number of rotatable bonds is 10. The second kappa shape index (κ2) is 12.3. The van der Waals surface area contributed by atoms with Crippen LogP contribution < -0.4 is 11.1 Å². The normalized spacial score (nSPS) is 18.2. The number of hydrogen-bond acceptors (Lipinski definition) is 9. The van der Waals surface area contributed by atoms with Crippen molar-refractivity contribution in [2.75, 3.05) is 11.5 Å². The van der Waals surface area contributed by atoms with E-state index in [0.29, 0.717) is 17.6 Å². The molecule has 6 rings (SSSR count). The zero-order valence-electron chi connectivity index (χ0n) is 23.3. The summed E-state index contributed by atoms with van der Waals surface area (Å²) in [5.41, 5.74) is 8.06. The number of β-lactam (4-membered cyclic amide) rings is 1. The molecule has 11 heteroatoms. The molecular formula is C33H27N5O4S2. The van der Waals surface area contributed by atoms with Crippen LogP contribution in [-0.2, 0) is 24.8 Å². The minimum Gasteiger partial charge on any atom is -0.375 e. The molecule has 44 heavy (non-hydrogen) atoms. The number of allylic oxidation sites excluding steroid dienone is 2. The Morgan fingerprint density at radius 2 is 1.59 bits per heavy atom. The van der Waals surface area contributed by atoms with Crippen molar-refractivity contribution in [3.05, 3.63) is 143 Å². The average Bonchev–Trinajstić information content (AvgIpc) is 3.51. The fourth-order valence-corrected chi connectivity index (χ4v) is 7.23. The average molecular weight is 622 g/mol. The number of amides is 2. The van der Waals surface area contributed by atoms with Crippen LogP contribution in [0.5, 0.6) is 0 Å².